The number of amides is 1. The van der Waals surface area contributed by atoms with Crippen LogP contribution in [-0.4, -0.2) is 25.8 Å². The van der Waals surface area contributed by atoms with Crippen molar-refractivity contribution in [2.75, 3.05) is 5.32 Å². The minimum Gasteiger partial charge on any atom is -0.341 e. The third-order valence-corrected chi connectivity index (χ3v) is 4.37. The third-order valence-electron chi connectivity index (χ3n) is 4.09. The highest BCUT2D eigenvalue weighted by Crippen LogP contribution is 2.43. The average molecular weight is 290 g/mol. The quantitative estimate of drug-likeness (QED) is 0.655. The first-order valence-corrected chi connectivity index (χ1v) is 6.94. The van der Waals surface area contributed by atoms with E-state index in [1.54, 1.807) is 0 Å². The number of fused-ring (bicyclic) bond motifs is 3. The molecule has 2 heterocycles. The zero-order valence-electron chi connectivity index (χ0n) is 10.5. The fourth-order valence-corrected chi connectivity index (χ4v) is 3.36. The van der Waals surface area contributed by atoms with Gasteiger partial charge in [0.2, 0.25) is 11.9 Å². The third kappa shape index (κ3) is 1.79. The molecule has 2 bridgehead atoms. The average Bonchev–Trinajstić information content (AvgIpc) is 3.13. The summed E-state index contributed by atoms with van der Waals surface area (Å²) in [5.41, 5.74) is 1.03. The van der Waals surface area contributed by atoms with Gasteiger partial charge in [0, 0.05) is 5.92 Å². The van der Waals surface area contributed by atoms with Gasteiger partial charge >= 0.3 is 0 Å². The lowest BCUT2D eigenvalue weighted by Crippen LogP contribution is -2.26. The second-order valence-electron chi connectivity index (χ2n) is 5.32. The zero-order valence-corrected chi connectivity index (χ0v) is 11.3. The topological polar surface area (TPSA) is 83.6 Å². The van der Waals surface area contributed by atoms with Crippen molar-refractivity contribution >= 4 is 34.6 Å². The van der Waals surface area contributed by atoms with Crippen LogP contribution in [-0.2, 0) is 4.79 Å². The molecule has 2 aromatic heterocycles. The van der Waals surface area contributed by atoms with E-state index in [9.17, 15) is 4.79 Å². The van der Waals surface area contributed by atoms with E-state index >= 15 is 0 Å². The van der Waals surface area contributed by atoms with Gasteiger partial charge in [0.05, 0.1) is 6.33 Å². The predicted octanol–water partition coefficient (Wildman–Crippen LogP) is 2.16. The standard InChI is InChI=1S/C13H12ClN5O/c14-10-9-11(16-5-15-9)18-13(17-10)19-12(20)8-4-6-1-2-7(8)3-6/h1-2,5-8H,3-4H2,(H2,15,16,17,18,19,20). The Balaban J connectivity index is 1.58. The number of nitrogens with one attached hydrogen (secondary N) is 2. The first-order chi connectivity index (χ1) is 9.70. The van der Waals surface area contributed by atoms with Gasteiger partial charge in [-0.2, -0.15) is 9.97 Å². The van der Waals surface area contributed by atoms with Gasteiger partial charge in [-0.1, -0.05) is 23.8 Å². The molecule has 2 aliphatic carbocycles. The van der Waals surface area contributed by atoms with Crippen molar-refractivity contribution in [1.29, 1.82) is 0 Å². The summed E-state index contributed by atoms with van der Waals surface area (Å²) in [5.74, 6) is 1.10. The summed E-state index contributed by atoms with van der Waals surface area (Å²) < 4.78 is 0. The van der Waals surface area contributed by atoms with Gasteiger partial charge < -0.3 is 4.98 Å². The molecule has 2 aliphatic rings. The Morgan fingerprint density at radius 3 is 3.00 bits per heavy atom. The van der Waals surface area contributed by atoms with Crippen LogP contribution < -0.4 is 5.32 Å². The number of hydrogen-bond donors (Lipinski definition) is 2. The molecule has 7 heteroatoms. The van der Waals surface area contributed by atoms with Gasteiger partial charge in [-0.15, -0.1) is 0 Å². The van der Waals surface area contributed by atoms with Crippen molar-refractivity contribution in [2.45, 2.75) is 12.8 Å². The maximum atomic E-state index is 12.3. The molecule has 1 fully saturated rings. The Morgan fingerprint density at radius 2 is 2.25 bits per heavy atom. The maximum absolute atomic E-state index is 12.3. The van der Waals surface area contributed by atoms with Crippen LogP contribution in [0.2, 0.25) is 5.15 Å². The number of aromatic amines is 1. The van der Waals surface area contributed by atoms with Crippen molar-refractivity contribution in [3.63, 3.8) is 0 Å². The molecular formula is C13H12ClN5O. The van der Waals surface area contributed by atoms with Crippen LogP contribution >= 0.6 is 11.6 Å². The molecule has 0 saturated heterocycles. The van der Waals surface area contributed by atoms with E-state index in [1.807, 2.05) is 0 Å². The van der Waals surface area contributed by atoms with Crippen LogP contribution in [0.25, 0.3) is 11.2 Å². The van der Waals surface area contributed by atoms with E-state index < -0.39 is 0 Å². The van der Waals surface area contributed by atoms with Crippen LogP contribution in [0.5, 0.6) is 0 Å². The highest BCUT2D eigenvalue weighted by atomic mass is 35.5. The number of H-pyrrole nitrogens is 1. The highest BCUT2D eigenvalue weighted by Gasteiger charge is 2.40. The lowest BCUT2D eigenvalue weighted by molar-refractivity contribution is -0.120. The summed E-state index contributed by atoms with van der Waals surface area (Å²) in [7, 11) is 0. The van der Waals surface area contributed by atoms with Gasteiger partial charge in [-0.25, -0.2) is 4.98 Å². The molecule has 4 rings (SSSR count). The second-order valence-corrected chi connectivity index (χ2v) is 5.67. The number of nitrogens with zero attached hydrogens (tertiary/aromatic N) is 3. The van der Waals surface area contributed by atoms with Crippen LogP contribution in [0.3, 0.4) is 0 Å². The molecule has 2 N–H and O–H groups in total. The van der Waals surface area contributed by atoms with E-state index in [4.69, 9.17) is 11.6 Å². The van der Waals surface area contributed by atoms with Gasteiger partial charge in [-0.3, -0.25) is 10.1 Å². The van der Waals surface area contributed by atoms with E-state index in [0.717, 1.165) is 12.8 Å². The Morgan fingerprint density at radius 1 is 1.35 bits per heavy atom. The second kappa shape index (κ2) is 4.28. The molecule has 3 atom stereocenters. The summed E-state index contributed by atoms with van der Waals surface area (Å²) in [4.78, 5) is 27.4. The lowest BCUT2D eigenvalue weighted by Gasteiger charge is -2.16. The number of rotatable bonds is 2. The number of hydrogen-bond acceptors (Lipinski definition) is 4. The molecule has 0 spiro atoms. The normalized spacial score (nSPS) is 27.4. The lowest BCUT2D eigenvalue weighted by atomic mass is 9.93. The molecule has 0 aliphatic heterocycles. The van der Waals surface area contributed by atoms with E-state index in [1.165, 1.54) is 6.33 Å². The fourth-order valence-electron chi connectivity index (χ4n) is 3.14. The Hall–Kier alpha value is -1.95. The van der Waals surface area contributed by atoms with Gasteiger partial charge in [0.15, 0.2) is 10.8 Å². The zero-order chi connectivity index (χ0) is 13.7. The molecule has 2 aromatic rings. The number of aromatic nitrogens is 4. The number of carbonyl (C=O) groups is 1. The molecule has 0 aromatic carbocycles. The largest absolute Gasteiger partial charge is 0.341 e. The Kier molecular flexibility index (Phi) is 2.53. The van der Waals surface area contributed by atoms with Crippen molar-refractivity contribution in [3.8, 4) is 0 Å². The Labute approximate surface area is 119 Å². The first kappa shape index (κ1) is 11.8. The number of imidazole rings is 1. The smallest absolute Gasteiger partial charge is 0.233 e. The van der Waals surface area contributed by atoms with E-state index in [-0.39, 0.29) is 22.9 Å². The summed E-state index contributed by atoms with van der Waals surface area (Å²) >= 11 is 6.02. The van der Waals surface area contributed by atoms with Gasteiger partial charge in [0.1, 0.15) is 5.52 Å². The van der Waals surface area contributed by atoms with Crippen LogP contribution in [0.1, 0.15) is 12.8 Å². The van der Waals surface area contributed by atoms with E-state index in [0.29, 0.717) is 23.0 Å². The number of anilines is 1. The molecule has 1 saturated carbocycles. The minimum absolute atomic E-state index is 0.0160. The summed E-state index contributed by atoms with van der Waals surface area (Å²) in [6.07, 6.45) is 7.84. The molecular weight excluding hydrogens is 278 g/mol. The molecule has 0 radical (unpaired) electrons. The Bertz CT molecular complexity index is 725. The number of carbonyl (C=O) groups excluding carboxylic acids is 1. The van der Waals surface area contributed by atoms with E-state index in [2.05, 4.69) is 37.4 Å². The van der Waals surface area contributed by atoms with Crippen LogP contribution in [0.15, 0.2) is 18.5 Å². The summed E-state index contributed by atoms with van der Waals surface area (Å²) in [6.45, 7) is 0. The SMILES string of the molecule is O=C(Nc1nc(Cl)c2[nH]cnc2n1)C1CC2C=CC1C2. The van der Waals surface area contributed by atoms with Crippen molar-refractivity contribution < 1.29 is 4.79 Å². The number of allylic oxidation sites excluding steroid dienone is 2. The maximum Gasteiger partial charge on any atom is 0.233 e. The highest BCUT2D eigenvalue weighted by molar-refractivity contribution is 6.33. The molecule has 20 heavy (non-hydrogen) atoms. The van der Waals surface area contributed by atoms with Crippen LogP contribution in [0, 0.1) is 17.8 Å². The minimum atomic E-state index is -0.0344. The molecule has 6 nitrogen and oxygen atoms in total. The summed E-state index contributed by atoms with van der Waals surface area (Å²) in [6, 6.07) is 0. The van der Waals surface area contributed by atoms with Crippen LogP contribution in [0.4, 0.5) is 5.95 Å². The predicted molar refractivity (Wildman–Crippen MR) is 74.2 cm³/mol. The number of halogens is 1. The molecule has 1 amide bonds. The fraction of sp³-hybridized carbons (Fsp3) is 0.385. The summed E-state index contributed by atoms with van der Waals surface area (Å²) in [5, 5.41) is 3.02. The van der Waals surface area contributed by atoms with Gasteiger partial charge in [0.25, 0.3) is 0 Å². The van der Waals surface area contributed by atoms with Crippen molar-refractivity contribution in [1.82, 2.24) is 19.9 Å². The van der Waals surface area contributed by atoms with Crippen molar-refractivity contribution in [3.05, 3.63) is 23.6 Å². The van der Waals surface area contributed by atoms with Gasteiger partial charge in [-0.05, 0) is 24.7 Å². The molecule has 102 valence electrons. The monoisotopic (exact) mass is 289 g/mol. The molecule has 3 unspecified atom stereocenters. The first-order valence-electron chi connectivity index (χ1n) is 6.56. The van der Waals surface area contributed by atoms with Crippen molar-refractivity contribution in [2.24, 2.45) is 17.8 Å².